The molecule has 5 heteroatoms. The number of carbonyl (C=O) groups is 2. The van der Waals surface area contributed by atoms with Crippen molar-refractivity contribution in [3.8, 4) is 0 Å². The minimum atomic E-state index is -0.611. The van der Waals surface area contributed by atoms with Crippen LogP contribution in [0.5, 0.6) is 0 Å². The Kier molecular flexibility index (Phi) is 4.21. The van der Waals surface area contributed by atoms with E-state index in [9.17, 15) is 9.59 Å². The number of nitrogens with one attached hydrogen (secondary N) is 1. The fourth-order valence-electron chi connectivity index (χ4n) is 0.464. The first kappa shape index (κ1) is 9.90. The summed E-state index contributed by atoms with van der Waals surface area (Å²) in [6.45, 7) is 0.671. The highest BCUT2D eigenvalue weighted by molar-refractivity contribution is 6.34. The highest BCUT2D eigenvalue weighted by Crippen LogP contribution is 1.77. The van der Waals surface area contributed by atoms with Gasteiger partial charge >= 0.3 is 11.8 Å². The molecule has 0 heterocycles. The molecule has 0 spiro atoms. The second kappa shape index (κ2) is 4.68. The number of nitrogens with two attached hydrogens (primary N) is 1. The normalized spacial score (nSPS) is 9.00. The molecule has 64 valence electrons. The van der Waals surface area contributed by atoms with Gasteiger partial charge in [0, 0.05) is 27.2 Å². The first-order valence-electron chi connectivity index (χ1n) is 3.29. The number of likely N-dealkylation sites (N-methyl/N-ethyl adjacent to an activating group) is 1. The zero-order valence-corrected chi connectivity index (χ0v) is 6.76. The molecule has 5 nitrogen and oxygen atoms in total. The molecule has 11 heavy (non-hydrogen) atoms. The van der Waals surface area contributed by atoms with Crippen molar-refractivity contribution in [1.29, 1.82) is 0 Å². The van der Waals surface area contributed by atoms with Crippen LogP contribution in [-0.4, -0.2) is 43.9 Å². The van der Waals surface area contributed by atoms with Crippen LogP contribution in [0.3, 0.4) is 0 Å². The summed E-state index contributed by atoms with van der Waals surface area (Å²) < 4.78 is 0. The Bertz CT molecular complexity index is 156. The second-order valence-corrected chi connectivity index (χ2v) is 2.24. The van der Waals surface area contributed by atoms with E-state index >= 15 is 0 Å². The standard InChI is InChI=1S/C6H13N3O2/c1-9(2)6(11)5(10)8-4-3-7/h3-4,7H2,1-2H3,(H,8,10). The predicted octanol–water partition coefficient (Wildman–Crippen LogP) is -1.85. The van der Waals surface area contributed by atoms with Gasteiger partial charge in [-0.05, 0) is 0 Å². The van der Waals surface area contributed by atoms with Gasteiger partial charge in [-0.2, -0.15) is 0 Å². The van der Waals surface area contributed by atoms with Crippen molar-refractivity contribution in [3.05, 3.63) is 0 Å². The van der Waals surface area contributed by atoms with Crippen molar-refractivity contribution in [1.82, 2.24) is 10.2 Å². The molecule has 0 saturated heterocycles. The average Bonchev–Trinajstić information content (AvgIpc) is 1.98. The summed E-state index contributed by atoms with van der Waals surface area (Å²) >= 11 is 0. The maximum Gasteiger partial charge on any atom is 0.311 e. The van der Waals surface area contributed by atoms with E-state index in [1.165, 1.54) is 19.0 Å². The monoisotopic (exact) mass is 159 g/mol. The van der Waals surface area contributed by atoms with Crippen molar-refractivity contribution in [2.24, 2.45) is 5.73 Å². The number of rotatable bonds is 2. The van der Waals surface area contributed by atoms with Crippen LogP contribution in [0.4, 0.5) is 0 Å². The molecular weight excluding hydrogens is 146 g/mol. The summed E-state index contributed by atoms with van der Waals surface area (Å²) in [6, 6.07) is 0. The minimum absolute atomic E-state index is 0.332. The van der Waals surface area contributed by atoms with Crippen LogP contribution in [0.1, 0.15) is 0 Å². The van der Waals surface area contributed by atoms with Crippen LogP contribution in [0, 0.1) is 0 Å². The number of nitrogens with zero attached hydrogens (tertiary/aromatic N) is 1. The maximum absolute atomic E-state index is 10.8. The lowest BCUT2D eigenvalue weighted by molar-refractivity contribution is -0.144. The van der Waals surface area contributed by atoms with Gasteiger partial charge in [0.05, 0.1) is 0 Å². The van der Waals surface area contributed by atoms with Gasteiger partial charge in [0.2, 0.25) is 0 Å². The lowest BCUT2D eigenvalue weighted by Gasteiger charge is -2.08. The van der Waals surface area contributed by atoms with E-state index in [-0.39, 0.29) is 0 Å². The molecule has 3 N–H and O–H groups in total. The van der Waals surface area contributed by atoms with Crippen molar-refractivity contribution in [3.63, 3.8) is 0 Å². The molecule has 0 bridgehead atoms. The Morgan fingerprint density at radius 3 is 2.36 bits per heavy atom. The highest BCUT2D eigenvalue weighted by Gasteiger charge is 2.13. The van der Waals surface area contributed by atoms with Gasteiger partial charge < -0.3 is 16.0 Å². The summed E-state index contributed by atoms with van der Waals surface area (Å²) in [5.41, 5.74) is 5.11. The largest absolute Gasteiger partial charge is 0.347 e. The molecule has 0 radical (unpaired) electrons. The molecule has 0 aromatic rings. The predicted molar refractivity (Wildman–Crippen MR) is 40.8 cm³/mol. The van der Waals surface area contributed by atoms with Gasteiger partial charge in [0.1, 0.15) is 0 Å². The minimum Gasteiger partial charge on any atom is -0.347 e. The molecule has 0 aliphatic heterocycles. The summed E-state index contributed by atoms with van der Waals surface area (Å²) in [5.74, 6) is -1.17. The summed E-state index contributed by atoms with van der Waals surface area (Å²) in [7, 11) is 3.04. The first-order chi connectivity index (χ1) is 5.09. The Morgan fingerprint density at radius 2 is 2.00 bits per heavy atom. The average molecular weight is 159 g/mol. The molecule has 2 amide bonds. The Morgan fingerprint density at radius 1 is 1.45 bits per heavy atom. The molecular formula is C6H13N3O2. The molecule has 0 aromatic heterocycles. The number of hydrogen-bond acceptors (Lipinski definition) is 3. The molecule has 0 aliphatic rings. The van der Waals surface area contributed by atoms with Gasteiger partial charge in [-0.1, -0.05) is 0 Å². The van der Waals surface area contributed by atoms with E-state index in [1.54, 1.807) is 0 Å². The summed E-state index contributed by atoms with van der Waals surface area (Å²) in [6.07, 6.45) is 0. The lowest BCUT2D eigenvalue weighted by atomic mass is 10.5. The van der Waals surface area contributed by atoms with Gasteiger partial charge in [-0.15, -0.1) is 0 Å². The van der Waals surface area contributed by atoms with E-state index in [0.29, 0.717) is 13.1 Å². The number of amides is 2. The number of carbonyl (C=O) groups excluding carboxylic acids is 2. The van der Waals surface area contributed by atoms with Crippen LogP contribution in [0.25, 0.3) is 0 Å². The molecule has 0 rings (SSSR count). The van der Waals surface area contributed by atoms with Crippen LogP contribution in [-0.2, 0) is 9.59 Å². The Labute approximate surface area is 65.5 Å². The van der Waals surface area contributed by atoms with Crippen molar-refractivity contribution >= 4 is 11.8 Å². The van der Waals surface area contributed by atoms with Gasteiger partial charge in [-0.3, -0.25) is 9.59 Å². The summed E-state index contributed by atoms with van der Waals surface area (Å²) in [5, 5.41) is 2.36. The molecule has 0 atom stereocenters. The third-order valence-electron chi connectivity index (χ3n) is 1.03. The maximum atomic E-state index is 10.8. The van der Waals surface area contributed by atoms with E-state index < -0.39 is 11.8 Å². The smallest absolute Gasteiger partial charge is 0.311 e. The first-order valence-corrected chi connectivity index (χ1v) is 3.29. The topological polar surface area (TPSA) is 75.4 Å². The van der Waals surface area contributed by atoms with E-state index in [4.69, 9.17) is 5.73 Å². The van der Waals surface area contributed by atoms with Gasteiger partial charge in [-0.25, -0.2) is 0 Å². The quantitative estimate of drug-likeness (QED) is 0.464. The van der Waals surface area contributed by atoms with Crippen molar-refractivity contribution < 1.29 is 9.59 Å². The molecule has 0 aliphatic carbocycles. The Hall–Kier alpha value is -1.10. The third kappa shape index (κ3) is 3.57. The van der Waals surface area contributed by atoms with Crippen molar-refractivity contribution in [2.75, 3.05) is 27.2 Å². The van der Waals surface area contributed by atoms with E-state index in [2.05, 4.69) is 5.32 Å². The third-order valence-corrected chi connectivity index (χ3v) is 1.03. The molecule has 0 aromatic carbocycles. The zero-order valence-electron chi connectivity index (χ0n) is 6.76. The van der Waals surface area contributed by atoms with Crippen LogP contribution < -0.4 is 11.1 Å². The zero-order chi connectivity index (χ0) is 8.85. The second-order valence-electron chi connectivity index (χ2n) is 2.24. The van der Waals surface area contributed by atoms with Crippen LogP contribution in [0.2, 0.25) is 0 Å². The van der Waals surface area contributed by atoms with Gasteiger partial charge in [0.25, 0.3) is 0 Å². The lowest BCUT2D eigenvalue weighted by Crippen LogP contribution is -2.40. The highest BCUT2D eigenvalue weighted by atomic mass is 16.2. The van der Waals surface area contributed by atoms with Gasteiger partial charge in [0.15, 0.2) is 0 Å². The summed E-state index contributed by atoms with van der Waals surface area (Å²) in [4.78, 5) is 22.8. The molecule has 0 fully saturated rings. The van der Waals surface area contributed by atoms with Crippen molar-refractivity contribution in [2.45, 2.75) is 0 Å². The van der Waals surface area contributed by atoms with E-state index in [0.717, 1.165) is 0 Å². The van der Waals surface area contributed by atoms with E-state index in [1.807, 2.05) is 0 Å². The molecule has 0 unspecified atom stereocenters. The SMILES string of the molecule is CN(C)C(=O)C(=O)NCCN. The van der Waals surface area contributed by atoms with Crippen LogP contribution in [0.15, 0.2) is 0 Å². The molecule has 0 saturated carbocycles. The fourth-order valence-corrected chi connectivity index (χ4v) is 0.464. The Balaban J connectivity index is 3.75. The number of hydrogen-bond donors (Lipinski definition) is 2. The van der Waals surface area contributed by atoms with Crippen LogP contribution >= 0.6 is 0 Å². The fraction of sp³-hybridized carbons (Fsp3) is 0.667.